The molecule has 0 saturated carbocycles. The number of nitrogens with zero attached hydrogens (tertiary/aromatic N) is 4. The van der Waals surface area contributed by atoms with E-state index >= 15 is 0 Å². The molecule has 2 atom stereocenters. The van der Waals surface area contributed by atoms with Gasteiger partial charge in [-0.1, -0.05) is 17.8 Å². The first-order chi connectivity index (χ1) is 17.8. The molecule has 0 bridgehead atoms. The van der Waals surface area contributed by atoms with E-state index in [4.69, 9.17) is 9.72 Å². The maximum atomic E-state index is 14.7. The Morgan fingerprint density at radius 3 is 2.69 bits per heavy atom. The number of methoxy groups -OCH3 is 1. The maximum absolute atomic E-state index is 14.7. The van der Waals surface area contributed by atoms with E-state index in [1.165, 1.54) is 25.3 Å². The molecule has 2 aliphatic heterocycles. The number of benzene rings is 2. The molecule has 2 aromatic carbocycles. The summed E-state index contributed by atoms with van der Waals surface area (Å²) in [6.45, 7) is 8.69. The molecule has 205 valence electrons. The summed E-state index contributed by atoms with van der Waals surface area (Å²) in [6.07, 6.45) is 3.73. The summed E-state index contributed by atoms with van der Waals surface area (Å²) in [5, 5.41) is 5.99. The molecule has 0 aliphatic carbocycles. The third-order valence-corrected chi connectivity index (χ3v) is 7.24. The molecule has 1 radical (unpaired) electrons. The van der Waals surface area contributed by atoms with Crippen LogP contribution in [0.3, 0.4) is 0 Å². The average Bonchev–Trinajstić information content (AvgIpc) is 3.31. The molecule has 3 aromatic rings. The van der Waals surface area contributed by atoms with Crippen LogP contribution in [0.25, 0.3) is 5.70 Å². The van der Waals surface area contributed by atoms with Gasteiger partial charge in [-0.2, -0.15) is 12.1 Å². The van der Waals surface area contributed by atoms with Crippen LogP contribution < -0.4 is 15.4 Å². The van der Waals surface area contributed by atoms with Gasteiger partial charge in [0.1, 0.15) is 11.6 Å². The third kappa shape index (κ3) is 6.54. The van der Waals surface area contributed by atoms with Crippen LogP contribution in [0.2, 0.25) is 0 Å². The zero-order valence-corrected chi connectivity index (χ0v) is 24.2. The van der Waals surface area contributed by atoms with Crippen LogP contribution in [-0.2, 0) is 31.6 Å². The molecule has 0 amide bonds. The fourth-order valence-corrected chi connectivity index (χ4v) is 5.24. The normalized spacial score (nSPS) is 18.4. The molecule has 7 nitrogen and oxygen atoms in total. The fourth-order valence-electron chi connectivity index (χ4n) is 5.24. The summed E-state index contributed by atoms with van der Waals surface area (Å²) in [6, 6.07) is 11.2. The van der Waals surface area contributed by atoms with Crippen molar-refractivity contribution < 1.29 is 32.1 Å². The van der Waals surface area contributed by atoms with E-state index in [9.17, 15) is 8.78 Å². The number of hydrogen-bond donors (Lipinski definition) is 2. The van der Waals surface area contributed by atoms with Gasteiger partial charge in [0.05, 0.1) is 12.8 Å². The Labute approximate surface area is 241 Å². The summed E-state index contributed by atoms with van der Waals surface area (Å²) in [5.74, 6) is 0.162. The molecule has 10 heteroatoms. The van der Waals surface area contributed by atoms with Crippen LogP contribution >= 0.6 is 0 Å². The van der Waals surface area contributed by atoms with Gasteiger partial charge < -0.3 is 27.7 Å². The van der Waals surface area contributed by atoms with Gasteiger partial charge in [0.15, 0.2) is 0 Å². The molecule has 2 N–H and O–H groups in total. The quantitative estimate of drug-likeness (QED) is 0.356. The van der Waals surface area contributed by atoms with Gasteiger partial charge in [-0.3, -0.25) is 4.90 Å². The molecule has 1 saturated heterocycles. The van der Waals surface area contributed by atoms with Gasteiger partial charge in [-0.15, -0.1) is 6.07 Å². The second kappa shape index (κ2) is 12.8. The fraction of sp³-hybridized carbons (Fsp3) is 0.345. The molecule has 3 heterocycles. The number of likely N-dealkylation sites (tertiary alicyclic amines) is 1. The van der Waals surface area contributed by atoms with Crippen molar-refractivity contribution in [3.05, 3.63) is 85.1 Å². The number of piperidine rings is 1. The number of fused-ring (bicyclic) bond motifs is 1. The standard InChI is InChI=1S/C28H31F2N6O.CH3.V/c1-17-9-23(7-8-36(17)18(2)25-6-5-21(31-3)13-26(25)30)35-15-19-14-32-28(34-27(19)16-35)33-22-10-20(29)11-24(12-22)37-4;;/h6,10-14,17,23,31H,2,7-9,15-16H2,1,3-4H3,(H,32,33,34);1H3;/q2*-1;+2/t17-,23-;;/m1../s1. The number of nitrogens with one attached hydrogen (secondary N) is 2. The van der Waals surface area contributed by atoms with Crippen molar-refractivity contribution in [1.29, 1.82) is 0 Å². The van der Waals surface area contributed by atoms with Crippen LogP contribution in [0.1, 0.15) is 36.6 Å². The van der Waals surface area contributed by atoms with Crippen LogP contribution in [0.5, 0.6) is 5.75 Å². The molecule has 1 aromatic heterocycles. The first kappa shape index (κ1) is 30.4. The number of rotatable bonds is 7. The summed E-state index contributed by atoms with van der Waals surface area (Å²) in [7, 11) is 3.24. The van der Waals surface area contributed by atoms with E-state index in [1.807, 2.05) is 6.20 Å². The van der Waals surface area contributed by atoms with Crippen molar-refractivity contribution in [3.63, 3.8) is 0 Å². The monoisotopic (exact) mass is 571 g/mol. The molecule has 5 rings (SSSR count). The minimum atomic E-state index is -0.395. The zero-order valence-electron chi connectivity index (χ0n) is 22.8. The van der Waals surface area contributed by atoms with Gasteiger partial charge >= 0.3 is 18.6 Å². The Balaban J connectivity index is 0.00000210. The maximum Gasteiger partial charge on any atom is 2.00 e. The van der Waals surface area contributed by atoms with Crippen molar-refractivity contribution in [2.75, 3.05) is 31.3 Å². The summed E-state index contributed by atoms with van der Waals surface area (Å²) in [4.78, 5) is 13.8. The van der Waals surface area contributed by atoms with Crippen molar-refractivity contribution in [3.8, 4) is 5.75 Å². The Morgan fingerprint density at radius 1 is 1.21 bits per heavy atom. The van der Waals surface area contributed by atoms with Gasteiger partial charge in [0, 0.05) is 74.2 Å². The Hall–Kier alpha value is -3.14. The molecule has 2 aliphatic rings. The van der Waals surface area contributed by atoms with Gasteiger partial charge in [-0.25, -0.2) is 18.7 Å². The average molecular weight is 572 g/mol. The predicted molar refractivity (Wildman–Crippen MR) is 147 cm³/mol. The van der Waals surface area contributed by atoms with Gasteiger partial charge in [-0.05, 0) is 31.5 Å². The van der Waals surface area contributed by atoms with Crippen LogP contribution in [0.4, 0.5) is 26.1 Å². The molecule has 0 spiro atoms. The number of hydrogen-bond acceptors (Lipinski definition) is 7. The SMILES string of the molecule is C=C(c1c[c-]c(NC)cc1F)N1CC[C@@H](N2Cc3cnc(Nc4cc(F)cc(OC)c4)nc3C2)C[C@H]1C.[CH3-].[V+2]. The van der Waals surface area contributed by atoms with E-state index in [2.05, 4.69) is 45.0 Å². The van der Waals surface area contributed by atoms with Crippen molar-refractivity contribution >= 4 is 23.0 Å². The zero-order chi connectivity index (χ0) is 26.1. The number of ether oxygens (including phenoxy) is 1. The van der Waals surface area contributed by atoms with E-state index in [1.54, 1.807) is 19.2 Å². The predicted octanol–water partition coefficient (Wildman–Crippen LogP) is 5.64. The number of halogens is 2. The van der Waals surface area contributed by atoms with Crippen LogP contribution in [-0.4, -0.2) is 52.6 Å². The van der Waals surface area contributed by atoms with Crippen molar-refractivity contribution in [2.45, 2.75) is 44.9 Å². The second-order valence-electron chi connectivity index (χ2n) is 9.60. The number of aromatic nitrogens is 2. The van der Waals surface area contributed by atoms with E-state index in [0.717, 1.165) is 43.7 Å². The minimum Gasteiger partial charge on any atom is -0.497 e. The first-order valence-electron chi connectivity index (χ1n) is 12.4. The first-order valence-corrected chi connectivity index (χ1v) is 12.4. The smallest absolute Gasteiger partial charge is 0.497 e. The van der Waals surface area contributed by atoms with E-state index < -0.39 is 5.82 Å². The summed E-state index contributed by atoms with van der Waals surface area (Å²) >= 11 is 0. The second-order valence-corrected chi connectivity index (χ2v) is 9.60. The van der Waals surface area contributed by atoms with E-state index in [0.29, 0.717) is 40.4 Å². The molecular formula is C29H34F2N6OV. The molecule has 0 unspecified atom stereocenters. The molecule has 1 fully saturated rings. The van der Waals surface area contributed by atoms with Crippen LogP contribution in [0.15, 0.2) is 43.1 Å². The van der Waals surface area contributed by atoms with Crippen molar-refractivity contribution in [1.82, 2.24) is 19.8 Å². The minimum absolute atomic E-state index is 0. The summed E-state index contributed by atoms with van der Waals surface area (Å²) in [5.41, 5.74) is 4.41. The van der Waals surface area contributed by atoms with E-state index in [-0.39, 0.29) is 37.8 Å². The Morgan fingerprint density at radius 2 is 2.00 bits per heavy atom. The Bertz CT molecular complexity index is 1320. The van der Waals surface area contributed by atoms with Gasteiger partial charge in [0.2, 0.25) is 5.95 Å². The molecular weight excluding hydrogens is 537 g/mol. The topological polar surface area (TPSA) is 65.5 Å². The Kier molecular flexibility index (Phi) is 9.99. The third-order valence-electron chi connectivity index (χ3n) is 7.24. The summed E-state index contributed by atoms with van der Waals surface area (Å²) < 4.78 is 33.7. The molecule has 39 heavy (non-hydrogen) atoms. The van der Waals surface area contributed by atoms with Crippen molar-refractivity contribution in [2.24, 2.45) is 0 Å². The number of anilines is 3. The largest absolute Gasteiger partial charge is 2.00 e. The van der Waals surface area contributed by atoms with Gasteiger partial charge in [0.25, 0.3) is 0 Å². The van der Waals surface area contributed by atoms with Crippen LogP contribution in [0, 0.1) is 25.1 Å².